The van der Waals surface area contributed by atoms with Crippen molar-refractivity contribution >= 4 is 5.69 Å². The van der Waals surface area contributed by atoms with Gasteiger partial charge in [0.2, 0.25) is 0 Å². The van der Waals surface area contributed by atoms with Gasteiger partial charge in [-0.1, -0.05) is 5.92 Å². The maximum Gasteiger partial charge on any atom is 0.320 e. The summed E-state index contributed by atoms with van der Waals surface area (Å²) >= 11 is 0. The van der Waals surface area contributed by atoms with E-state index in [9.17, 15) is 4.91 Å². The molecule has 0 aliphatic carbocycles. The van der Waals surface area contributed by atoms with Crippen molar-refractivity contribution in [2.75, 3.05) is 20.8 Å². The number of ether oxygens (including phenoxy) is 2. The summed E-state index contributed by atoms with van der Waals surface area (Å²) in [6.45, 7) is 0.103. The van der Waals surface area contributed by atoms with Crippen LogP contribution < -0.4 is 9.47 Å². The summed E-state index contributed by atoms with van der Waals surface area (Å²) in [6, 6.07) is 4.65. The molecule has 0 aliphatic heterocycles. The van der Waals surface area contributed by atoms with Gasteiger partial charge in [-0.05, 0) is 6.07 Å². The van der Waals surface area contributed by atoms with E-state index >= 15 is 0 Å². The van der Waals surface area contributed by atoms with Gasteiger partial charge in [0.1, 0.15) is 6.61 Å². The van der Waals surface area contributed by atoms with Crippen LogP contribution >= 0.6 is 0 Å². The molecule has 5 heteroatoms. The van der Waals surface area contributed by atoms with Crippen LogP contribution in [0, 0.1) is 17.3 Å². The molecular weight excluding hydrogens is 210 g/mol. The molecule has 84 valence electrons. The molecule has 0 aliphatic rings. The minimum absolute atomic E-state index is 0.103. The van der Waals surface area contributed by atoms with Crippen LogP contribution in [0.25, 0.3) is 0 Å². The molecule has 0 saturated heterocycles. The molecule has 1 rings (SSSR count). The monoisotopic (exact) mass is 222 g/mol. The first-order valence-corrected chi connectivity index (χ1v) is 4.48. The van der Waals surface area contributed by atoms with E-state index in [-0.39, 0.29) is 6.61 Å². The van der Waals surface area contributed by atoms with E-state index in [1.807, 2.05) is 0 Å². The van der Waals surface area contributed by atoms with E-state index in [1.54, 1.807) is 12.1 Å². The van der Waals surface area contributed by atoms with Crippen molar-refractivity contribution in [3.8, 4) is 23.8 Å². The van der Waals surface area contributed by atoms with Gasteiger partial charge >= 0.3 is 5.69 Å². The average molecular weight is 222 g/mol. The first kappa shape index (κ1) is 11.9. The number of hydrogen-bond acceptors (Lipinski definition) is 4. The van der Waals surface area contributed by atoms with E-state index in [2.05, 4.69) is 10.8 Å². The molecule has 0 amide bonds. The quantitative estimate of drug-likeness (QED) is 0.561. The molecule has 0 heterocycles. The Hall–Kier alpha value is -2.22. The second-order valence-electron chi connectivity index (χ2n) is 2.77. The first-order chi connectivity index (χ1) is 7.72. The lowest BCUT2D eigenvalue weighted by atomic mass is 10.3. The van der Waals surface area contributed by atoms with Crippen LogP contribution in [0.2, 0.25) is 0 Å². The summed E-state index contributed by atoms with van der Waals surface area (Å²) in [4.78, 5) is 16.1. The Balaban J connectivity index is 3.01. The summed E-state index contributed by atoms with van der Waals surface area (Å²) in [5.41, 5.74) is 0.301. The standard InChI is InChI=1S/C11H12NO4/c1-4-7-16-11-8-9(12(13)15-3)5-6-10(11)14-2/h1,5-6,8H,7H2,2-3H3/q+1. The van der Waals surface area contributed by atoms with E-state index in [0.29, 0.717) is 22.1 Å². The predicted molar refractivity (Wildman–Crippen MR) is 57.6 cm³/mol. The highest BCUT2D eigenvalue weighted by Crippen LogP contribution is 2.31. The van der Waals surface area contributed by atoms with Crippen LogP contribution in [0.1, 0.15) is 0 Å². The van der Waals surface area contributed by atoms with E-state index in [1.165, 1.54) is 20.3 Å². The van der Waals surface area contributed by atoms with Crippen molar-refractivity contribution < 1.29 is 19.2 Å². The second kappa shape index (κ2) is 5.61. The van der Waals surface area contributed by atoms with E-state index in [0.717, 1.165) is 0 Å². The lowest BCUT2D eigenvalue weighted by molar-refractivity contribution is -0.736. The van der Waals surface area contributed by atoms with Gasteiger partial charge in [0, 0.05) is 6.07 Å². The Morgan fingerprint density at radius 2 is 2.12 bits per heavy atom. The lowest BCUT2D eigenvalue weighted by Gasteiger charge is -2.07. The molecule has 0 N–H and O–H groups in total. The zero-order valence-electron chi connectivity index (χ0n) is 9.10. The Kier molecular flexibility index (Phi) is 4.16. The molecule has 5 nitrogen and oxygen atoms in total. The molecule has 0 bridgehead atoms. The fourth-order valence-electron chi connectivity index (χ4n) is 1.12. The Morgan fingerprint density at radius 1 is 1.38 bits per heavy atom. The van der Waals surface area contributed by atoms with Crippen LogP contribution in [0.4, 0.5) is 5.69 Å². The maximum atomic E-state index is 11.2. The highest BCUT2D eigenvalue weighted by atomic mass is 16.8. The largest absolute Gasteiger partial charge is 0.493 e. The number of hydrogen-bond donors (Lipinski definition) is 0. The Bertz CT molecular complexity index is 422. The van der Waals surface area contributed by atoms with Crippen molar-refractivity contribution in [3.63, 3.8) is 0 Å². The zero-order chi connectivity index (χ0) is 12.0. The number of terminal acetylenes is 1. The van der Waals surface area contributed by atoms with Crippen molar-refractivity contribution in [2.24, 2.45) is 0 Å². The van der Waals surface area contributed by atoms with Gasteiger partial charge in [-0.15, -0.1) is 6.42 Å². The SMILES string of the molecule is C#CCOc1cc([N+](=O)OC)ccc1OC. The molecule has 0 saturated carbocycles. The molecule has 0 spiro atoms. The van der Waals surface area contributed by atoms with Gasteiger partial charge < -0.3 is 9.47 Å². The van der Waals surface area contributed by atoms with E-state index in [4.69, 9.17) is 15.9 Å². The number of rotatable bonds is 5. The Morgan fingerprint density at radius 3 is 2.69 bits per heavy atom. The third kappa shape index (κ3) is 2.64. The fourth-order valence-corrected chi connectivity index (χ4v) is 1.12. The molecule has 0 aromatic heterocycles. The third-order valence-electron chi connectivity index (χ3n) is 1.83. The van der Waals surface area contributed by atoms with Crippen LogP contribution in [0.15, 0.2) is 18.2 Å². The number of nitrogens with zero attached hydrogens (tertiary/aromatic N) is 1. The van der Waals surface area contributed by atoms with Gasteiger partial charge in [-0.3, -0.25) is 0 Å². The zero-order valence-corrected chi connectivity index (χ0v) is 9.10. The van der Waals surface area contributed by atoms with Crippen LogP contribution in [0.5, 0.6) is 11.5 Å². The van der Waals surface area contributed by atoms with Gasteiger partial charge in [0.25, 0.3) is 4.92 Å². The third-order valence-corrected chi connectivity index (χ3v) is 1.83. The normalized spacial score (nSPS) is 9.06. The average Bonchev–Trinajstić information content (AvgIpc) is 2.34. The molecule has 1 aromatic carbocycles. The van der Waals surface area contributed by atoms with Crippen molar-refractivity contribution in [1.82, 2.24) is 0 Å². The summed E-state index contributed by atoms with van der Waals surface area (Å²) in [5, 5.41) is 0. The fraction of sp³-hybridized carbons (Fsp3) is 0.273. The molecule has 16 heavy (non-hydrogen) atoms. The van der Waals surface area contributed by atoms with Gasteiger partial charge in [-0.2, -0.15) is 0 Å². The summed E-state index contributed by atoms with van der Waals surface area (Å²) in [7, 11) is 2.78. The highest BCUT2D eigenvalue weighted by molar-refractivity contribution is 5.48. The van der Waals surface area contributed by atoms with Crippen LogP contribution in [0.3, 0.4) is 0 Å². The second-order valence-corrected chi connectivity index (χ2v) is 2.77. The van der Waals surface area contributed by atoms with Crippen molar-refractivity contribution in [3.05, 3.63) is 23.1 Å². The summed E-state index contributed by atoms with van der Waals surface area (Å²) < 4.78 is 10.3. The molecule has 1 aromatic rings. The maximum absolute atomic E-state index is 11.2. The minimum Gasteiger partial charge on any atom is -0.493 e. The molecule has 0 atom stereocenters. The van der Waals surface area contributed by atoms with Gasteiger partial charge in [0.05, 0.1) is 18.1 Å². The van der Waals surface area contributed by atoms with Gasteiger partial charge in [-0.25, -0.2) is 4.84 Å². The van der Waals surface area contributed by atoms with E-state index < -0.39 is 0 Å². The topological polar surface area (TPSA) is 47.8 Å². The predicted octanol–water partition coefficient (Wildman–Crippen LogP) is 1.68. The first-order valence-electron chi connectivity index (χ1n) is 4.48. The number of methoxy groups -OCH3 is 1. The minimum atomic E-state index is 0.103. The van der Waals surface area contributed by atoms with Crippen molar-refractivity contribution in [2.45, 2.75) is 0 Å². The number of benzene rings is 1. The molecule has 0 radical (unpaired) electrons. The molecule has 0 fully saturated rings. The highest BCUT2D eigenvalue weighted by Gasteiger charge is 2.17. The Labute approximate surface area is 93.5 Å². The summed E-state index contributed by atoms with van der Waals surface area (Å²) in [6.07, 6.45) is 5.08. The van der Waals surface area contributed by atoms with Crippen molar-refractivity contribution in [1.29, 1.82) is 0 Å². The molecule has 0 unspecified atom stereocenters. The van der Waals surface area contributed by atoms with Crippen LogP contribution in [-0.2, 0) is 4.84 Å². The molecular formula is C11H12NO4+. The van der Waals surface area contributed by atoms with Crippen LogP contribution in [-0.4, -0.2) is 25.7 Å². The lowest BCUT2D eigenvalue weighted by Crippen LogP contribution is -2.01. The van der Waals surface area contributed by atoms with Gasteiger partial charge in [0.15, 0.2) is 18.6 Å². The smallest absolute Gasteiger partial charge is 0.320 e. The summed E-state index contributed by atoms with van der Waals surface area (Å²) in [5.74, 6) is 3.23.